The Bertz CT molecular complexity index is 1170. The summed E-state index contributed by atoms with van der Waals surface area (Å²) in [6, 6.07) is 7.72. The molecule has 1 aromatic heterocycles. The van der Waals surface area contributed by atoms with Crippen LogP contribution in [0.4, 0.5) is 17.5 Å². The number of fused-ring (bicyclic) bond motifs is 1. The van der Waals surface area contributed by atoms with Gasteiger partial charge in [0.1, 0.15) is 11.5 Å². The molecule has 0 spiro atoms. The van der Waals surface area contributed by atoms with Crippen molar-refractivity contribution in [2.45, 2.75) is 33.4 Å². The van der Waals surface area contributed by atoms with Gasteiger partial charge in [0.2, 0.25) is 11.9 Å². The third-order valence-corrected chi connectivity index (χ3v) is 6.48. The number of piperazine rings is 1. The average molecular weight is 476 g/mol. The number of nitrogens with one attached hydrogen (secondary N) is 1. The molecule has 0 aliphatic carbocycles. The number of anilines is 3. The number of nitrogens with zero attached hydrogens (tertiary/aromatic N) is 5. The van der Waals surface area contributed by atoms with Gasteiger partial charge in [-0.25, -0.2) is 4.98 Å². The first-order valence-electron chi connectivity index (χ1n) is 11.9. The summed E-state index contributed by atoms with van der Waals surface area (Å²) in [6.07, 6.45) is 3.78. The van der Waals surface area contributed by atoms with E-state index in [4.69, 9.17) is 10.7 Å². The van der Waals surface area contributed by atoms with E-state index in [1.165, 1.54) is 0 Å². The maximum absolute atomic E-state index is 13.1. The molecule has 0 saturated carbocycles. The van der Waals surface area contributed by atoms with Crippen molar-refractivity contribution in [2.24, 2.45) is 0 Å². The fraction of sp³-hybridized carbons (Fsp3) is 0.385. The summed E-state index contributed by atoms with van der Waals surface area (Å²) in [4.78, 5) is 40.0. The second-order valence-electron chi connectivity index (χ2n) is 9.13. The van der Waals surface area contributed by atoms with Gasteiger partial charge in [0.25, 0.3) is 5.91 Å². The average Bonchev–Trinajstić information content (AvgIpc) is 3.19. The summed E-state index contributed by atoms with van der Waals surface area (Å²) in [5.74, 6) is 1.13. The highest BCUT2D eigenvalue weighted by atomic mass is 16.2. The van der Waals surface area contributed by atoms with Crippen LogP contribution in [0.5, 0.6) is 0 Å². The van der Waals surface area contributed by atoms with Crippen LogP contribution in [0.1, 0.15) is 42.4 Å². The molecule has 1 saturated heterocycles. The van der Waals surface area contributed by atoms with E-state index in [2.05, 4.69) is 16.9 Å². The normalized spacial score (nSPS) is 16.1. The number of nitrogens with two attached hydrogens (primary N) is 1. The van der Waals surface area contributed by atoms with Crippen molar-refractivity contribution in [3.05, 3.63) is 59.3 Å². The number of para-hydroxylation sites is 1. The number of amides is 2. The van der Waals surface area contributed by atoms with Crippen molar-refractivity contribution in [1.82, 2.24) is 19.8 Å². The third kappa shape index (κ3) is 5.13. The highest BCUT2D eigenvalue weighted by Gasteiger charge is 2.35. The maximum atomic E-state index is 13.1. The van der Waals surface area contributed by atoms with Crippen LogP contribution in [-0.4, -0.2) is 70.3 Å². The van der Waals surface area contributed by atoms with Gasteiger partial charge in [0.05, 0.1) is 6.54 Å². The van der Waals surface area contributed by atoms with Crippen LogP contribution in [0, 0.1) is 0 Å². The monoisotopic (exact) mass is 475 g/mol. The number of carbonyl (C=O) groups excluding carboxylic acids is 2. The molecule has 2 aliphatic rings. The van der Waals surface area contributed by atoms with E-state index in [-0.39, 0.29) is 17.9 Å². The van der Waals surface area contributed by atoms with Gasteiger partial charge in [-0.15, -0.1) is 0 Å². The van der Waals surface area contributed by atoms with E-state index in [9.17, 15) is 9.59 Å². The molecule has 0 bridgehead atoms. The summed E-state index contributed by atoms with van der Waals surface area (Å²) in [5.41, 5.74) is 9.90. The van der Waals surface area contributed by atoms with Crippen molar-refractivity contribution >= 4 is 35.3 Å². The lowest BCUT2D eigenvalue weighted by molar-refractivity contribution is -0.129. The minimum Gasteiger partial charge on any atom is -0.398 e. The number of hydrogen-bond acceptors (Lipinski definition) is 7. The Balaban J connectivity index is 1.62. The van der Waals surface area contributed by atoms with Crippen LogP contribution in [0.2, 0.25) is 0 Å². The van der Waals surface area contributed by atoms with Gasteiger partial charge in [0.15, 0.2) is 0 Å². The van der Waals surface area contributed by atoms with Crippen LogP contribution in [-0.2, 0) is 11.3 Å². The number of carbonyl (C=O) groups is 2. The zero-order valence-electron chi connectivity index (χ0n) is 20.6. The van der Waals surface area contributed by atoms with E-state index in [1.807, 2.05) is 54.0 Å². The lowest BCUT2D eigenvalue weighted by atomic mass is 10.1. The Morgan fingerprint density at radius 1 is 1.20 bits per heavy atom. The Hall–Kier alpha value is -3.88. The molecule has 2 amide bonds. The zero-order valence-corrected chi connectivity index (χ0v) is 20.6. The van der Waals surface area contributed by atoms with Gasteiger partial charge >= 0.3 is 0 Å². The van der Waals surface area contributed by atoms with Gasteiger partial charge in [-0.2, -0.15) is 4.98 Å². The Morgan fingerprint density at radius 2 is 1.91 bits per heavy atom. The number of aromatic nitrogens is 2. The lowest BCUT2D eigenvalue weighted by Gasteiger charge is -2.34. The Labute approximate surface area is 206 Å². The molecule has 2 aromatic rings. The van der Waals surface area contributed by atoms with Gasteiger partial charge in [-0.3, -0.25) is 9.59 Å². The predicted octanol–water partition coefficient (Wildman–Crippen LogP) is 2.77. The van der Waals surface area contributed by atoms with Crippen LogP contribution in [0.3, 0.4) is 0 Å². The van der Waals surface area contributed by atoms with E-state index in [0.29, 0.717) is 62.4 Å². The molecule has 0 radical (unpaired) electrons. The zero-order chi connectivity index (χ0) is 25.1. The third-order valence-electron chi connectivity index (χ3n) is 6.48. The van der Waals surface area contributed by atoms with Crippen molar-refractivity contribution in [3.63, 3.8) is 0 Å². The molecule has 1 fully saturated rings. The fourth-order valence-corrected chi connectivity index (χ4v) is 4.31. The van der Waals surface area contributed by atoms with Gasteiger partial charge in [-0.1, -0.05) is 30.9 Å². The minimum absolute atomic E-state index is 0.0526. The molecule has 184 valence electrons. The number of hydrogen-bond donors (Lipinski definition) is 2. The van der Waals surface area contributed by atoms with E-state index in [0.717, 1.165) is 16.7 Å². The van der Waals surface area contributed by atoms with Crippen LogP contribution >= 0.6 is 0 Å². The topological polar surface area (TPSA) is 108 Å². The fourth-order valence-electron chi connectivity index (χ4n) is 4.31. The van der Waals surface area contributed by atoms with Crippen molar-refractivity contribution in [3.8, 4) is 0 Å². The molecule has 0 unspecified atom stereocenters. The number of nitrogen functional groups attached to an aromatic ring is 1. The maximum Gasteiger partial charge on any atom is 0.273 e. The van der Waals surface area contributed by atoms with Crippen LogP contribution in [0.25, 0.3) is 6.08 Å². The summed E-state index contributed by atoms with van der Waals surface area (Å²) in [5, 5.41) is 3.42. The molecular formula is C26H33N7O2. The quantitative estimate of drug-likeness (QED) is 0.468. The Kier molecular flexibility index (Phi) is 7.04. The van der Waals surface area contributed by atoms with E-state index < -0.39 is 0 Å². The Morgan fingerprint density at radius 3 is 2.54 bits per heavy atom. The first kappa shape index (κ1) is 24.3. The van der Waals surface area contributed by atoms with Crippen LogP contribution < -0.4 is 16.0 Å². The largest absolute Gasteiger partial charge is 0.398 e. The first-order valence-corrected chi connectivity index (χ1v) is 11.9. The lowest BCUT2D eigenvalue weighted by Crippen LogP contribution is -2.48. The SMILES string of the molecule is C=C/C(=C\c1ccccc1N)CNc1nc(N2CCN(C(C)=O)CC2)nc2c1CN(C(C)C)C2=O. The van der Waals surface area contributed by atoms with Crippen molar-refractivity contribution in [2.75, 3.05) is 48.7 Å². The molecule has 0 atom stereocenters. The van der Waals surface area contributed by atoms with E-state index >= 15 is 0 Å². The van der Waals surface area contributed by atoms with Gasteiger partial charge in [0, 0.05) is 56.9 Å². The molecule has 4 rings (SSSR count). The molecule has 35 heavy (non-hydrogen) atoms. The predicted molar refractivity (Wildman–Crippen MR) is 139 cm³/mol. The summed E-state index contributed by atoms with van der Waals surface area (Å²) >= 11 is 0. The standard InChI is InChI=1S/C26H33N7O2/c1-5-19(14-20-8-6-7-9-22(20)27)15-28-24-21-16-33(17(2)3)25(35)23(21)29-26(30-24)32-12-10-31(11-13-32)18(4)34/h5-9,14,17H,1,10-13,15-16,27H2,2-4H3,(H,28,29,30)/b19-14+. The highest BCUT2D eigenvalue weighted by Crippen LogP contribution is 2.31. The van der Waals surface area contributed by atoms with Crippen molar-refractivity contribution < 1.29 is 9.59 Å². The molecule has 9 nitrogen and oxygen atoms in total. The summed E-state index contributed by atoms with van der Waals surface area (Å²) in [7, 11) is 0. The number of benzene rings is 1. The smallest absolute Gasteiger partial charge is 0.273 e. The molecule has 1 aromatic carbocycles. The van der Waals surface area contributed by atoms with Gasteiger partial charge in [-0.05, 0) is 37.1 Å². The van der Waals surface area contributed by atoms with E-state index in [1.54, 1.807) is 17.9 Å². The second-order valence-corrected chi connectivity index (χ2v) is 9.13. The molecule has 2 aliphatic heterocycles. The second kappa shape index (κ2) is 10.2. The molecule has 3 heterocycles. The minimum atomic E-state index is -0.0828. The molecule has 3 N–H and O–H groups in total. The number of rotatable bonds is 7. The summed E-state index contributed by atoms with van der Waals surface area (Å²) < 4.78 is 0. The first-order chi connectivity index (χ1) is 16.8. The highest BCUT2D eigenvalue weighted by molar-refractivity contribution is 5.98. The molecule has 9 heteroatoms. The summed E-state index contributed by atoms with van der Waals surface area (Å²) in [6.45, 7) is 12.9. The van der Waals surface area contributed by atoms with Crippen molar-refractivity contribution in [1.29, 1.82) is 0 Å². The molecular weight excluding hydrogens is 442 g/mol. The van der Waals surface area contributed by atoms with Crippen LogP contribution in [0.15, 0.2) is 42.5 Å². The van der Waals surface area contributed by atoms with Gasteiger partial charge < -0.3 is 25.8 Å².